The number of benzene rings is 3. The van der Waals surface area contributed by atoms with Crippen molar-refractivity contribution >= 4 is 11.6 Å². The lowest BCUT2D eigenvalue weighted by atomic mass is 10.0. The fourth-order valence-electron chi connectivity index (χ4n) is 3.07. The molecule has 1 heterocycles. The van der Waals surface area contributed by atoms with Crippen molar-refractivity contribution in [3.05, 3.63) is 112 Å². The highest BCUT2D eigenvalue weighted by atomic mass is 19.2. The van der Waals surface area contributed by atoms with Crippen molar-refractivity contribution in [2.45, 2.75) is 0 Å². The Balaban J connectivity index is 1.55. The number of carbonyl (C=O) groups is 1. The number of hydrogen-bond acceptors (Lipinski definition) is 2. The van der Waals surface area contributed by atoms with Crippen LogP contribution in [0.1, 0.15) is 10.4 Å². The first-order valence-electron chi connectivity index (χ1n) is 9.17. The number of carbonyl (C=O) groups excluding carboxylic acids is 1. The number of halogens is 2. The summed E-state index contributed by atoms with van der Waals surface area (Å²) < 4.78 is 26.3. The number of aromatic amines is 1. The van der Waals surface area contributed by atoms with E-state index in [0.717, 1.165) is 28.8 Å². The summed E-state index contributed by atoms with van der Waals surface area (Å²) in [5, 5.41) is 2.39. The van der Waals surface area contributed by atoms with Gasteiger partial charge >= 0.3 is 0 Å². The van der Waals surface area contributed by atoms with Crippen LogP contribution in [0.2, 0.25) is 0 Å². The maximum atomic E-state index is 13.3. The van der Waals surface area contributed by atoms with Gasteiger partial charge in [0.2, 0.25) is 0 Å². The van der Waals surface area contributed by atoms with E-state index in [1.165, 1.54) is 12.1 Å². The molecule has 3 aromatic carbocycles. The number of H-pyrrole nitrogens is 1. The number of nitrogens with one attached hydrogen (secondary N) is 2. The van der Waals surface area contributed by atoms with Gasteiger partial charge in [-0.15, -0.1) is 0 Å². The van der Waals surface area contributed by atoms with E-state index in [4.69, 9.17) is 0 Å². The highest BCUT2D eigenvalue weighted by molar-refractivity contribution is 6.04. The van der Waals surface area contributed by atoms with E-state index >= 15 is 0 Å². The lowest BCUT2D eigenvalue weighted by Crippen LogP contribution is -2.23. The first-order chi connectivity index (χ1) is 14.5. The molecule has 0 radical (unpaired) electrons. The number of pyridine rings is 1. The summed E-state index contributed by atoms with van der Waals surface area (Å²) in [6.45, 7) is 0. The Hall–Kier alpha value is -4.06. The van der Waals surface area contributed by atoms with Gasteiger partial charge in [-0.1, -0.05) is 54.6 Å². The Morgan fingerprint density at radius 2 is 1.40 bits per heavy atom. The average molecular weight is 402 g/mol. The van der Waals surface area contributed by atoms with Gasteiger partial charge in [0.25, 0.3) is 11.5 Å². The van der Waals surface area contributed by atoms with Gasteiger partial charge in [-0.05, 0) is 41.0 Å². The monoisotopic (exact) mass is 402 g/mol. The Bertz CT molecular complexity index is 1270. The SMILES string of the molecule is O=C(Nc1ccc(F)c(F)c1)c1ccc(-c2ccc(-c3ccccc3)cc2)[nH]c1=O. The number of rotatable bonds is 4. The molecular formula is C24H16F2N2O2. The van der Waals surface area contributed by atoms with Crippen molar-refractivity contribution in [2.75, 3.05) is 5.32 Å². The third-order valence-corrected chi connectivity index (χ3v) is 4.63. The van der Waals surface area contributed by atoms with E-state index in [1.54, 1.807) is 6.07 Å². The van der Waals surface area contributed by atoms with Crippen molar-refractivity contribution in [2.24, 2.45) is 0 Å². The van der Waals surface area contributed by atoms with Gasteiger partial charge in [-0.3, -0.25) is 9.59 Å². The maximum Gasteiger partial charge on any atom is 0.261 e. The van der Waals surface area contributed by atoms with E-state index in [-0.39, 0.29) is 11.3 Å². The largest absolute Gasteiger partial charge is 0.322 e. The molecule has 6 heteroatoms. The second-order valence-electron chi connectivity index (χ2n) is 6.64. The second kappa shape index (κ2) is 8.13. The molecule has 0 saturated carbocycles. The molecule has 0 aliphatic carbocycles. The number of aromatic nitrogens is 1. The highest BCUT2D eigenvalue weighted by Gasteiger charge is 2.13. The van der Waals surface area contributed by atoms with Crippen LogP contribution in [0, 0.1) is 11.6 Å². The van der Waals surface area contributed by atoms with Crippen LogP contribution in [0.25, 0.3) is 22.4 Å². The second-order valence-corrected chi connectivity index (χ2v) is 6.64. The summed E-state index contributed by atoms with van der Waals surface area (Å²) in [6.07, 6.45) is 0. The summed E-state index contributed by atoms with van der Waals surface area (Å²) in [5.74, 6) is -2.82. The lowest BCUT2D eigenvalue weighted by molar-refractivity contribution is 0.102. The summed E-state index contributed by atoms with van der Waals surface area (Å²) in [4.78, 5) is 27.4. The van der Waals surface area contributed by atoms with Gasteiger partial charge in [0.1, 0.15) is 5.56 Å². The molecule has 0 saturated heterocycles. The lowest BCUT2D eigenvalue weighted by Gasteiger charge is -2.08. The normalized spacial score (nSPS) is 10.6. The van der Waals surface area contributed by atoms with Gasteiger partial charge in [-0.2, -0.15) is 0 Å². The molecule has 4 aromatic rings. The standard InChI is InChI=1S/C24H16F2N2O2/c25-20-12-10-18(14-21(20)26)27-23(29)19-11-13-22(28-24(19)30)17-8-6-16(7-9-17)15-4-2-1-3-5-15/h1-14H,(H,27,29)(H,28,30). The topological polar surface area (TPSA) is 62.0 Å². The molecule has 0 atom stereocenters. The Morgan fingerprint density at radius 3 is 2.07 bits per heavy atom. The molecule has 0 aliphatic heterocycles. The number of hydrogen-bond donors (Lipinski definition) is 2. The third-order valence-electron chi connectivity index (χ3n) is 4.63. The van der Waals surface area contributed by atoms with Crippen LogP contribution in [0.5, 0.6) is 0 Å². The smallest absolute Gasteiger partial charge is 0.261 e. The van der Waals surface area contributed by atoms with Gasteiger partial charge < -0.3 is 10.3 Å². The minimum atomic E-state index is -1.09. The van der Waals surface area contributed by atoms with Crippen molar-refractivity contribution in [1.29, 1.82) is 0 Å². The van der Waals surface area contributed by atoms with Crippen LogP contribution >= 0.6 is 0 Å². The minimum absolute atomic E-state index is 0.0545. The third kappa shape index (κ3) is 4.03. The van der Waals surface area contributed by atoms with Crippen LogP contribution in [0.15, 0.2) is 89.7 Å². The minimum Gasteiger partial charge on any atom is -0.322 e. The van der Waals surface area contributed by atoms with Gasteiger partial charge in [-0.25, -0.2) is 8.78 Å². The summed E-state index contributed by atoms with van der Waals surface area (Å²) >= 11 is 0. The Labute approximate surface area is 170 Å². The first kappa shape index (κ1) is 19.3. The average Bonchev–Trinajstić information content (AvgIpc) is 2.77. The predicted molar refractivity (Wildman–Crippen MR) is 112 cm³/mol. The van der Waals surface area contributed by atoms with E-state index in [1.807, 2.05) is 54.6 Å². The molecule has 0 bridgehead atoms. The van der Waals surface area contributed by atoms with Crippen molar-refractivity contribution in [1.82, 2.24) is 4.98 Å². The molecule has 0 aliphatic rings. The zero-order valence-corrected chi connectivity index (χ0v) is 15.7. The van der Waals surface area contributed by atoms with Crippen molar-refractivity contribution in [3.63, 3.8) is 0 Å². The first-order valence-corrected chi connectivity index (χ1v) is 9.17. The maximum absolute atomic E-state index is 13.3. The quantitative estimate of drug-likeness (QED) is 0.490. The van der Waals surface area contributed by atoms with E-state index in [0.29, 0.717) is 5.69 Å². The highest BCUT2D eigenvalue weighted by Crippen LogP contribution is 2.23. The van der Waals surface area contributed by atoms with Crippen LogP contribution < -0.4 is 10.9 Å². The molecule has 30 heavy (non-hydrogen) atoms. The van der Waals surface area contributed by atoms with E-state index in [2.05, 4.69) is 10.3 Å². The zero-order valence-electron chi connectivity index (χ0n) is 15.7. The predicted octanol–water partition coefficient (Wildman–Crippen LogP) is 5.24. The fraction of sp³-hybridized carbons (Fsp3) is 0. The number of anilines is 1. The zero-order chi connectivity index (χ0) is 21.1. The molecule has 4 nitrogen and oxygen atoms in total. The van der Waals surface area contributed by atoms with Crippen LogP contribution in [-0.2, 0) is 0 Å². The number of amides is 1. The van der Waals surface area contributed by atoms with Crippen LogP contribution in [-0.4, -0.2) is 10.9 Å². The molecule has 2 N–H and O–H groups in total. The van der Waals surface area contributed by atoms with E-state index in [9.17, 15) is 18.4 Å². The van der Waals surface area contributed by atoms with Crippen molar-refractivity contribution in [3.8, 4) is 22.4 Å². The molecule has 148 valence electrons. The van der Waals surface area contributed by atoms with Gasteiger partial charge in [0.15, 0.2) is 11.6 Å². The van der Waals surface area contributed by atoms with Gasteiger partial charge in [0.05, 0.1) is 0 Å². The van der Waals surface area contributed by atoms with Crippen molar-refractivity contribution < 1.29 is 13.6 Å². The molecule has 1 amide bonds. The van der Waals surface area contributed by atoms with E-state index < -0.39 is 23.1 Å². The summed E-state index contributed by atoms with van der Waals surface area (Å²) in [6, 6.07) is 23.6. The van der Waals surface area contributed by atoms with Crippen LogP contribution in [0.4, 0.5) is 14.5 Å². The molecule has 0 spiro atoms. The Morgan fingerprint density at radius 1 is 0.733 bits per heavy atom. The molecule has 0 unspecified atom stereocenters. The van der Waals surface area contributed by atoms with Crippen LogP contribution in [0.3, 0.4) is 0 Å². The van der Waals surface area contributed by atoms with Gasteiger partial charge in [0, 0.05) is 17.4 Å². The summed E-state index contributed by atoms with van der Waals surface area (Å²) in [7, 11) is 0. The summed E-state index contributed by atoms with van der Waals surface area (Å²) in [5.41, 5.74) is 2.82. The molecular weight excluding hydrogens is 386 g/mol. The molecule has 4 rings (SSSR count). The molecule has 1 aromatic heterocycles. The fourth-order valence-corrected chi connectivity index (χ4v) is 3.07. The molecule has 0 fully saturated rings. The Kier molecular flexibility index (Phi) is 5.22.